The van der Waals surface area contributed by atoms with Gasteiger partial charge in [0.15, 0.2) is 0 Å². The summed E-state index contributed by atoms with van der Waals surface area (Å²) in [6.45, 7) is 16.0. The summed E-state index contributed by atoms with van der Waals surface area (Å²) >= 11 is 1.45. The number of pyridine rings is 1. The molecule has 2 rings (SSSR count). The van der Waals surface area contributed by atoms with E-state index in [-0.39, 0.29) is 53.9 Å². The van der Waals surface area contributed by atoms with Crippen LogP contribution in [0, 0.1) is 30.6 Å². The van der Waals surface area contributed by atoms with Crippen molar-refractivity contribution in [2.45, 2.75) is 93.0 Å². The molecular formula is C31H48N6O5S. The Balaban J connectivity index is 2.04. The van der Waals surface area contributed by atoms with Crippen LogP contribution in [-0.2, 0) is 16.1 Å². The van der Waals surface area contributed by atoms with E-state index in [9.17, 15) is 24.3 Å². The van der Waals surface area contributed by atoms with E-state index in [1.165, 1.54) is 23.5 Å². The molecule has 0 aliphatic rings. The Labute approximate surface area is 259 Å². The Morgan fingerprint density at radius 1 is 0.837 bits per heavy atom. The minimum absolute atomic E-state index is 0.0386. The van der Waals surface area contributed by atoms with Gasteiger partial charge < -0.3 is 26.4 Å². The first kappa shape index (κ1) is 35.8. The summed E-state index contributed by atoms with van der Waals surface area (Å²) in [6.07, 6.45) is -0.498. The second kappa shape index (κ2) is 17.0. The van der Waals surface area contributed by atoms with Crippen molar-refractivity contribution in [3.63, 3.8) is 0 Å². The van der Waals surface area contributed by atoms with Crippen molar-refractivity contribution in [3.05, 3.63) is 45.7 Å². The Kier molecular flexibility index (Phi) is 14.2. The smallest absolute Gasteiger partial charge is 0.270 e. The molecule has 238 valence electrons. The van der Waals surface area contributed by atoms with Gasteiger partial charge in [0.2, 0.25) is 11.8 Å². The molecule has 0 aliphatic heterocycles. The van der Waals surface area contributed by atoms with E-state index in [1.807, 2.05) is 53.8 Å². The molecule has 0 aliphatic carbocycles. The van der Waals surface area contributed by atoms with E-state index >= 15 is 0 Å². The maximum Gasteiger partial charge on any atom is 0.270 e. The number of carbonyl (C=O) groups is 4. The molecule has 0 saturated heterocycles. The number of nitrogens with one attached hydrogen (secondary N) is 4. The standard InChI is InChI=1S/C31H48N6O5S/c1-17(2)12-24(25(38)13-20(7)28(39)37-27(19(5)6)31(42)32-14-18(3)4)36-30(41)23-11-9-10-22(35-23)29(40)33-15-26-34-21(8)16-43-26/h9-11,16-20,24-25,27,38H,12-15H2,1-8H3,(H,32,42)(H,33,40)(H,36,41)(H,37,39). The van der Waals surface area contributed by atoms with Crippen molar-refractivity contribution in [3.8, 4) is 0 Å². The van der Waals surface area contributed by atoms with Gasteiger partial charge in [-0.15, -0.1) is 11.3 Å². The van der Waals surface area contributed by atoms with Crippen LogP contribution in [0.25, 0.3) is 0 Å². The summed E-state index contributed by atoms with van der Waals surface area (Å²) in [5.74, 6) is -1.87. The van der Waals surface area contributed by atoms with Crippen molar-refractivity contribution in [1.29, 1.82) is 0 Å². The molecule has 43 heavy (non-hydrogen) atoms. The lowest BCUT2D eigenvalue weighted by atomic mass is 9.92. The number of hydrogen-bond acceptors (Lipinski definition) is 8. The Morgan fingerprint density at radius 2 is 1.49 bits per heavy atom. The molecule has 0 spiro atoms. The van der Waals surface area contributed by atoms with E-state index in [1.54, 1.807) is 13.0 Å². The molecule has 2 heterocycles. The number of nitrogens with zero attached hydrogens (tertiary/aromatic N) is 2. The lowest BCUT2D eigenvalue weighted by Gasteiger charge is -2.28. The quantitative estimate of drug-likeness (QED) is 0.193. The van der Waals surface area contributed by atoms with Gasteiger partial charge in [-0.3, -0.25) is 19.2 Å². The molecule has 5 N–H and O–H groups in total. The topological polar surface area (TPSA) is 162 Å². The third kappa shape index (κ3) is 12.0. The minimum atomic E-state index is -1.03. The van der Waals surface area contributed by atoms with Crippen LogP contribution in [0.2, 0.25) is 0 Å². The Morgan fingerprint density at radius 3 is 2.05 bits per heavy atom. The summed E-state index contributed by atoms with van der Waals surface area (Å²) in [6, 6.07) is 3.24. The van der Waals surface area contributed by atoms with Crippen LogP contribution in [-0.4, -0.2) is 63.4 Å². The van der Waals surface area contributed by atoms with Crippen LogP contribution >= 0.6 is 11.3 Å². The summed E-state index contributed by atoms with van der Waals surface area (Å²) in [5, 5.41) is 25.1. The molecule has 2 aromatic rings. The fourth-order valence-electron chi connectivity index (χ4n) is 4.36. The van der Waals surface area contributed by atoms with Gasteiger partial charge in [-0.25, -0.2) is 9.97 Å². The molecule has 0 radical (unpaired) electrons. The first-order valence-corrected chi connectivity index (χ1v) is 15.8. The van der Waals surface area contributed by atoms with E-state index in [0.717, 1.165) is 10.7 Å². The third-order valence-corrected chi connectivity index (χ3v) is 7.73. The molecule has 4 unspecified atom stereocenters. The highest BCUT2D eigenvalue weighted by Crippen LogP contribution is 2.17. The second-order valence-electron chi connectivity index (χ2n) is 12.3. The lowest BCUT2D eigenvalue weighted by Crippen LogP contribution is -2.52. The first-order valence-electron chi connectivity index (χ1n) is 14.9. The first-order chi connectivity index (χ1) is 20.2. The highest BCUT2D eigenvalue weighted by atomic mass is 32.1. The monoisotopic (exact) mass is 616 g/mol. The van der Waals surface area contributed by atoms with Crippen molar-refractivity contribution < 1.29 is 24.3 Å². The number of thiazole rings is 1. The molecule has 11 nitrogen and oxygen atoms in total. The molecule has 0 aromatic carbocycles. The average molecular weight is 617 g/mol. The SMILES string of the molecule is Cc1csc(CNC(=O)c2cccc(C(=O)NC(CC(C)C)C(O)CC(C)C(=O)NC(C(=O)NCC(C)C)C(C)C)n2)n1. The van der Waals surface area contributed by atoms with Crippen LogP contribution in [0.15, 0.2) is 23.6 Å². The van der Waals surface area contributed by atoms with Crippen LogP contribution < -0.4 is 21.3 Å². The number of aliphatic hydroxyl groups excluding tert-OH is 1. The number of rotatable bonds is 16. The molecule has 4 atom stereocenters. The number of aliphatic hydroxyl groups is 1. The molecular weight excluding hydrogens is 568 g/mol. The second-order valence-corrected chi connectivity index (χ2v) is 13.2. The normalized spacial score (nSPS) is 14.2. The zero-order valence-corrected chi connectivity index (χ0v) is 27.4. The average Bonchev–Trinajstić information content (AvgIpc) is 3.37. The molecule has 0 fully saturated rings. The number of hydrogen-bond donors (Lipinski definition) is 5. The lowest BCUT2D eigenvalue weighted by molar-refractivity contribution is -0.132. The summed E-state index contributed by atoms with van der Waals surface area (Å²) in [5.41, 5.74) is 1.00. The van der Waals surface area contributed by atoms with E-state index in [2.05, 4.69) is 31.2 Å². The van der Waals surface area contributed by atoms with Gasteiger partial charge in [-0.2, -0.15) is 0 Å². The molecule has 0 saturated carbocycles. The highest BCUT2D eigenvalue weighted by Gasteiger charge is 2.30. The molecule has 0 bridgehead atoms. The van der Waals surface area contributed by atoms with Crippen LogP contribution in [0.4, 0.5) is 0 Å². The highest BCUT2D eigenvalue weighted by molar-refractivity contribution is 7.09. The maximum atomic E-state index is 13.2. The zero-order chi connectivity index (χ0) is 32.3. The van der Waals surface area contributed by atoms with E-state index in [4.69, 9.17) is 0 Å². The minimum Gasteiger partial charge on any atom is -0.391 e. The van der Waals surface area contributed by atoms with Crippen molar-refractivity contribution in [2.24, 2.45) is 23.7 Å². The van der Waals surface area contributed by atoms with E-state index in [0.29, 0.717) is 13.0 Å². The van der Waals surface area contributed by atoms with Gasteiger partial charge in [0.25, 0.3) is 11.8 Å². The van der Waals surface area contributed by atoms with Crippen LogP contribution in [0.5, 0.6) is 0 Å². The number of carbonyl (C=O) groups excluding carboxylic acids is 4. The Bertz CT molecular complexity index is 1230. The third-order valence-electron chi connectivity index (χ3n) is 6.76. The van der Waals surface area contributed by atoms with Crippen molar-refractivity contribution in [1.82, 2.24) is 31.2 Å². The summed E-state index contributed by atoms with van der Waals surface area (Å²) in [7, 11) is 0. The fourth-order valence-corrected chi connectivity index (χ4v) is 5.07. The largest absolute Gasteiger partial charge is 0.391 e. The number of aromatic nitrogens is 2. The predicted octanol–water partition coefficient (Wildman–Crippen LogP) is 3.22. The zero-order valence-electron chi connectivity index (χ0n) is 26.6. The van der Waals surface area contributed by atoms with Gasteiger partial charge in [-0.1, -0.05) is 54.5 Å². The molecule has 12 heteroatoms. The summed E-state index contributed by atoms with van der Waals surface area (Å²) < 4.78 is 0. The van der Waals surface area contributed by atoms with Gasteiger partial charge in [0.05, 0.1) is 18.7 Å². The molecule has 4 amide bonds. The maximum absolute atomic E-state index is 13.2. The number of amides is 4. The summed E-state index contributed by atoms with van der Waals surface area (Å²) in [4.78, 5) is 60.1. The number of aryl methyl sites for hydroxylation is 1. The van der Waals surface area contributed by atoms with Gasteiger partial charge >= 0.3 is 0 Å². The van der Waals surface area contributed by atoms with Gasteiger partial charge in [0, 0.05) is 23.5 Å². The van der Waals surface area contributed by atoms with Gasteiger partial charge in [0.1, 0.15) is 22.4 Å². The van der Waals surface area contributed by atoms with Crippen molar-refractivity contribution in [2.75, 3.05) is 6.54 Å². The van der Waals surface area contributed by atoms with E-state index < -0.39 is 35.9 Å². The van der Waals surface area contributed by atoms with Crippen LogP contribution in [0.3, 0.4) is 0 Å². The molecule has 2 aromatic heterocycles. The predicted molar refractivity (Wildman–Crippen MR) is 167 cm³/mol. The Hall–Kier alpha value is -3.38. The van der Waals surface area contributed by atoms with Gasteiger partial charge in [-0.05, 0) is 49.7 Å². The van der Waals surface area contributed by atoms with Crippen molar-refractivity contribution >= 4 is 35.0 Å². The van der Waals surface area contributed by atoms with Crippen LogP contribution in [0.1, 0.15) is 93.0 Å². The fraction of sp³-hybridized carbons (Fsp3) is 0.613.